The van der Waals surface area contributed by atoms with E-state index in [9.17, 15) is 9.59 Å². The molecule has 0 atom stereocenters. The van der Waals surface area contributed by atoms with E-state index in [0.29, 0.717) is 16.2 Å². The van der Waals surface area contributed by atoms with E-state index < -0.39 is 0 Å². The maximum absolute atomic E-state index is 12.7. The SMILES string of the molecule is CCSC1=C(c2ccccc2)C(=O)N(Cc2ccco2)C1=O. The topological polar surface area (TPSA) is 50.5 Å². The summed E-state index contributed by atoms with van der Waals surface area (Å²) < 4.78 is 5.26. The number of furan rings is 1. The minimum Gasteiger partial charge on any atom is -0.467 e. The number of carbonyl (C=O) groups is 2. The van der Waals surface area contributed by atoms with Crippen LogP contribution >= 0.6 is 11.8 Å². The lowest BCUT2D eigenvalue weighted by molar-refractivity contribution is -0.137. The fraction of sp³-hybridized carbons (Fsp3) is 0.176. The third-order valence-electron chi connectivity index (χ3n) is 3.37. The van der Waals surface area contributed by atoms with Crippen LogP contribution in [-0.4, -0.2) is 22.5 Å². The van der Waals surface area contributed by atoms with Crippen molar-refractivity contribution in [3.05, 3.63) is 65.0 Å². The van der Waals surface area contributed by atoms with E-state index in [4.69, 9.17) is 4.42 Å². The molecule has 2 amide bonds. The molecule has 0 radical (unpaired) electrons. The molecule has 1 aliphatic rings. The van der Waals surface area contributed by atoms with Gasteiger partial charge in [0.1, 0.15) is 5.76 Å². The molecular formula is C17H15NO3S. The second-order valence-corrected chi connectivity index (χ2v) is 6.05. The Kier molecular flexibility index (Phi) is 4.15. The largest absolute Gasteiger partial charge is 0.467 e. The third kappa shape index (κ3) is 2.60. The van der Waals surface area contributed by atoms with Gasteiger partial charge >= 0.3 is 0 Å². The van der Waals surface area contributed by atoms with Crippen LogP contribution < -0.4 is 0 Å². The minimum absolute atomic E-state index is 0.161. The highest BCUT2D eigenvalue weighted by atomic mass is 32.2. The van der Waals surface area contributed by atoms with Crippen molar-refractivity contribution in [3.63, 3.8) is 0 Å². The smallest absolute Gasteiger partial charge is 0.268 e. The van der Waals surface area contributed by atoms with E-state index in [2.05, 4.69) is 0 Å². The van der Waals surface area contributed by atoms with Gasteiger partial charge in [0.05, 0.1) is 23.3 Å². The summed E-state index contributed by atoms with van der Waals surface area (Å²) in [6.45, 7) is 2.13. The number of thioether (sulfide) groups is 1. The van der Waals surface area contributed by atoms with Crippen molar-refractivity contribution >= 4 is 29.1 Å². The number of benzene rings is 1. The number of nitrogens with zero attached hydrogens (tertiary/aromatic N) is 1. The summed E-state index contributed by atoms with van der Waals surface area (Å²) in [7, 11) is 0. The highest BCUT2D eigenvalue weighted by molar-refractivity contribution is 8.04. The molecule has 0 fully saturated rings. The average molecular weight is 313 g/mol. The Morgan fingerprint density at radius 2 is 1.82 bits per heavy atom. The highest BCUT2D eigenvalue weighted by Crippen LogP contribution is 2.36. The first kappa shape index (κ1) is 14.7. The monoisotopic (exact) mass is 313 g/mol. The number of hydrogen-bond acceptors (Lipinski definition) is 4. The van der Waals surface area contributed by atoms with E-state index >= 15 is 0 Å². The molecule has 0 spiro atoms. The summed E-state index contributed by atoms with van der Waals surface area (Å²) in [6.07, 6.45) is 1.54. The Balaban J connectivity index is 1.97. The zero-order valence-corrected chi connectivity index (χ0v) is 12.9. The summed E-state index contributed by atoms with van der Waals surface area (Å²) in [4.78, 5) is 27.1. The van der Waals surface area contributed by atoms with E-state index in [1.807, 2.05) is 37.3 Å². The summed E-state index contributed by atoms with van der Waals surface area (Å²) in [5, 5.41) is 0. The molecule has 0 saturated carbocycles. The first-order valence-electron chi connectivity index (χ1n) is 7.03. The van der Waals surface area contributed by atoms with Gasteiger partial charge in [0.15, 0.2) is 0 Å². The zero-order valence-electron chi connectivity index (χ0n) is 12.1. The molecule has 0 N–H and O–H groups in total. The van der Waals surface area contributed by atoms with Gasteiger partial charge in [-0.05, 0) is 23.4 Å². The Bertz CT molecular complexity index is 720. The van der Waals surface area contributed by atoms with E-state index in [0.717, 1.165) is 11.3 Å². The van der Waals surface area contributed by atoms with Gasteiger partial charge in [-0.15, -0.1) is 11.8 Å². The molecule has 0 aliphatic carbocycles. The Labute approximate surface area is 132 Å². The molecule has 0 unspecified atom stereocenters. The van der Waals surface area contributed by atoms with Crippen LogP contribution in [0.3, 0.4) is 0 Å². The summed E-state index contributed by atoms with van der Waals surface area (Å²) in [5.74, 6) is 0.826. The molecule has 1 aromatic carbocycles. The van der Waals surface area contributed by atoms with Crippen molar-refractivity contribution in [2.45, 2.75) is 13.5 Å². The lowest BCUT2D eigenvalue weighted by Crippen LogP contribution is -2.30. The number of imide groups is 1. The summed E-state index contributed by atoms with van der Waals surface area (Å²) in [5.41, 5.74) is 1.27. The first-order chi connectivity index (χ1) is 10.7. The zero-order chi connectivity index (χ0) is 15.5. The molecule has 22 heavy (non-hydrogen) atoms. The Morgan fingerprint density at radius 3 is 2.45 bits per heavy atom. The van der Waals surface area contributed by atoms with Crippen LogP contribution in [0.1, 0.15) is 18.2 Å². The van der Waals surface area contributed by atoms with E-state index in [1.165, 1.54) is 22.9 Å². The quantitative estimate of drug-likeness (QED) is 0.795. The van der Waals surface area contributed by atoms with Gasteiger partial charge in [0, 0.05) is 0 Å². The summed E-state index contributed by atoms with van der Waals surface area (Å²) in [6, 6.07) is 12.8. The van der Waals surface area contributed by atoms with Crippen LogP contribution in [0.25, 0.3) is 5.57 Å². The van der Waals surface area contributed by atoms with Crippen LogP contribution in [0.5, 0.6) is 0 Å². The van der Waals surface area contributed by atoms with Crippen molar-refractivity contribution in [2.24, 2.45) is 0 Å². The minimum atomic E-state index is -0.261. The van der Waals surface area contributed by atoms with Crippen LogP contribution in [-0.2, 0) is 16.1 Å². The van der Waals surface area contributed by atoms with Crippen LogP contribution in [0.15, 0.2) is 58.1 Å². The van der Waals surface area contributed by atoms with Gasteiger partial charge in [-0.25, -0.2) is 0 Å². The first-order valence-corrected chi connectivity index (χ1v) is 8.02. The molecule has 5 heteroatoms. The average Bonchev–Trinajstić information content (AvgIpc) is 3.12. The van der Waals surface area contributed by atoms with Gasteiger partial charge < -0.3 is 4.42 Å². The van der Waals surface area contributed by atoms with Gasteiger partial charge in [0.25, 0.3) is 11.8 Å². The normalized spacial score (nSPS) is 15.0. The predicted octanol–water partition coefficient (Wildman–Crippen LogP) is 3.31. The maximum atomic E-state index is 12.7. The number of rotatable bonds is 5. The lowest BCUT2D eigenvalue weighted by Gasteiger charge is -2.13. The standard InChI is InChI=1S/C17H15NO3S/c1-2-22-15-14(12-7-4-3-5-8-12)16(19)18(17(15)20)11-13-9-6-10-21-13/h3-10H,2,11H2,1H3. The lowest BCUT2D eigenvalue weighted by atomic mass is 10.1. The van der Waals surface area contributed by atoms with Crippen molar-refractivity contribution in [1.82, 2.24) is 4.90 Å². The van der Waals surface area contributed by atoms with E-state index in [-0.39, 0.29) is 18.4 Å². The van der Waals surface area contributed by atoms with Crippen molar-refractivity contribution in [2.75, 3.05) is 5.75 Å². The van der Waals surface area contributed by atoms with Crippen LogP contribution in [0.4, 0.5) is 0 Å². The highest BCUT2D eigenvalue weighted by Gasteiger charge is 2.39. The van der Waals surface area contributed by atoms with Gasteiger partial charge in [0.2, 0.25) is 0 Å². The molecule has 0 saturated heterocycles. The van der Waals surface area contributed by atoms with Crippen molar-refractivity contribution in [3.8, 4) is 0 Å². The molecule has 0 bridgehead atoms. The Hall–Kier alpha value is -2.27. The predicted molar refractivity (Wildman–Crippen MR) is 85.8 cm³/mol. The third-order valence-corrected chi connectivity index (χ3v) is 4.33. The molecule has 112 valence electrons. The summed E-state index contributed by atoms with van der Waals surface area (Å²) >= 11 is 1.41. The van der Waals surface area contributed by atoms with Gasteiger partial charge in [-0.2, -0.15) is 0 Å². The number of amides is 2. The Morgan fingerprint density at radius 1 is 1.05 bits per heavy atom. The molecule has 1 aromatic heterocycles. The van der Waals surface area contributed by atoms with Gasteiger partial charge in [-0.1, -0.05) is 37.3 Å². The molecule has 2 heterocycles. The molecule has 4 nitrogen and oxygen atoms in total. The fourth-order valence-electron chi connectivity index (χ4n) is 2.39. The number of hydrogen-bond donors (Lipinski definition) is 0. The number of carbonyl (C=O) groups excluding carboxylic acids is 2. The molecular weight excluding hydrogens is 298 g/mol. The molecule has 3 rings (SSSR count). The maximum Gasteiger partial charge on any atom is 0.268 e. The molecule has 2 aromatic rings. The van der Waals surface area contributed by atoms with Gasteiger partial charge in [-0.3, -0.25) is 14.5 Å². The second kappa shape index (κ2) is 6.23. The van der Waals surface area contributed by atoms with E-state index in [1.54, 1.807) is 12.1 Å². The van der Waals surface area contributed by atoms with Crippen LogP contribution in [0, 0.1) is 0 Å². The van der Waals surface area contributed by atoms with Crippen molar-refractivity contribution in [1.29, 1.82) is 0 Å². The van der Waals surface area contributed by atoms with Crippen LogP contribution in [0.2, 0.25) is 0 Å². The molecule has 1 aliphatic heterocycles. The van der Waals surface area contributed by atoms with Crippen molar-refractivity contribution < 1.29 is 14.0 Å². The second-order valence-electron chi connectivity index (χ2n) is 4.78. The fourth-order valence-corrected chi connectivity index (χ4v) is 3.27.